The summed E-state index contributed by atoms with van der Waals surface area (Å²) in [5.74, 6) is -0.265. The second-order valence-electron chi connectivity index (χ2n) is 8.53. The van der Waals surface area contributed by atoms with Crippen molar-refractivity contribution >= 4 is 11.7 Å². The minimum atomic E-state index is -4.56. The van der Waals surface area contributed by atoms with Gasteiger partial charge in [0.1, 0.15) is 11.6 Å². The number of nitrogens with zero attached hydrogens (tertiary/aromatic N) is 6. The van der Waals surface area contributed by atoms with E-state index in [0.29, 0.717) is 18.6 Å². The van der Waals surface area contributed by atoms with Crippen molar-refractivity contribution in [3.63, 3.8) is 0 Å². The fourth-order valence-electron chi connectivity index (χ4n) is 4.97. The van der Waals surface area contributed by atoms with Gasteiger partial charge in [0.2, 0.25) is 0 Å². The fraction of sp³-hybridized carbons (Fsp3) is 0.348. The molecule has 1 aromatic carbocycles. The van der Waals surface area contributed by atoms with Gasteiger partial charge in [-0.05, 0) is 37.0 Å². The van der Waals surface area contributed by atoms with Gasteiger partial charge in [0.25, 0.3) is 5.91 Å². The van der Waals surface area contributed by atoms with E-state index < -0.39 is 17.7 Å². The largest absolute Gasteiger partial charge is 0.434 e. The van der Waals surface area contributed by atoms with Crippen molar-refractivity contribution in [2.75, 3.05) is 18.5 Å². The van der Waals surface area contributed by atoms with E-state index in [1.807, 2.05) is 0 Å². The van der Waals surface area contributed by atoms with Crippen LogP contribution in [0.4, 0.5) is 23.4 Å². The molecular formula is C23H20F4N6O. The molecule has 0 unspecified atom stereocenters. The second kappa shape index (κ2) is 8.30. The zero-order valence-electron chi connectivity index (χ0n) is 18.1. The van der Waals surface area contributed by atoms with Crippen molar-refractivity contribution in [2.24, 2.45) is 5.92 Å². The van der Waals surface area contributed by atoms with Crippen LogP contribution in [0.2, 0.25) is 0 Å². The van der Waals surface area contributed by atoms with E-state index in [9.17, 15) is 22.4 Å². The van der Waals surface area contributed by atoms with Gasteiger partial charge in [-0.1, -0.05) is 6.07 Å². The molecule has 3 atom stereocenters. The standard InChI is InChI=1S/C23H20F4N6O/c1-32(19-11-30-18(10-31-19)23(25,26)27)16-8-13-9-17(16)33(12-13)22(34)14-4-2-5-15(24)20(14)21-28-6-3-7-29-21/h2-7,10-11,13,16-17H,8-9,12H2,1H3/t13-,16+,17-/m0/s1. The maximum atomic E-state index is 14.8. The fourth-order valence-corrected chi connectivity index (χ4v) is 4.97. The van der Waals surface area contributed by atoms with E-state index in [1.165, 1.54) is 24.5 Å². The molecule has 7 nitrogen and oxygen atoms in total. The van der Waals surface area contributed by atoms with Crippen molar-refractivity contribution < 1.29 is 22.4 Å². The highest BCUT2D eigenvalue weighted by atomic mass is 19.4. The normalized spacial score (nSPS) is 21.7. The van der Waals surface area contributed by atoms with Crippen LogP contribution in [-0.2, 0) is 6.18 Å². The van der Waals surface area contributed by atoms with Crippen LogP contribution in [0.5, 0.6) is 0 Å². The van der Waals surface area contributed by atoms with Crippen LogP contribution in [0.1, 0.15) is 28.9 Å². The topological polar surface area (TPSA) is 75.1 Å². The number of hydrogen-bond acceptors (Lipinski definition) is 6. The molecule has 1 aliphatic heterocycles. The molecule has 0 N–H and O–H groups in total. The van der Waals surface area contributed by atoms with E-state index in [0.717, 1.165) is 19.0 Å². The van der Waals surface area contributed by atoms with Gasteiger partial charge < -0.3 is 9.80 Å². The second-order valence-corrected chi connectivity index (χ2v) is 8.53. The van der Waals surface area contributed by atoms with Crippen LogP contribution in [0, 0.1) is 11.7 Å². The van der Waals surface area contributed by atoms with E-state index >= 15 is 0 Å². The number of carbonyl (C=O) groups excluding carboxylic acids is 1. The molecule has 1 saturated heterocycles. The van der Waals surface area contributed by atoms with Crippen molar-refractivity contribution in [1.82, 2.24) is 24.8 Å². The number of piperidine rings is 1. The van der Waals surface area contributed by atoms with Crippen LogP contribution in [0.15, 0.2) is 49.1 Å². The minimum absolute atomic E-state index is 0.0504. The highest BCUT2D eigenvalue weighted by Gasteiger charge is 2.49. The van der Waals surface area contributed by atoms with Crippen molar-refractivity contribution in [3.8, 4) is 11.4 Å². The Kier molecular flexibility index (Phi) is 5.41. The van der Waals surface area contributed by atoms with Crippen LogP contribution in [-0.4, -0.2) is 56.4 Å². The lowest BCUT2D eigenvalue weighted by Crippen LogP contribution is -2.51. The number of amides is 1. The molecule has 176 valence electrons. The summed E-state index contributed by atoms with van der Waals surface area (Å²) in [7, 11) is 1.73. The molecule has 34 heavy (non-hydrogen) atoms. The number of likely N-dealkylation sites (N-methyl/N-ethyl adjacent to an activating group) is 1. The molecule has 3 aromatic rings. The van der Waals surface area contributed by atoms with Crippen LogP contribution < -0.4 is 4.90 Å². The maximum Gasteiger partial charge on any atom is 0.434 e. The number of carbonyl (C=O) groups is 1. The molecule has 2 aliphatic rings. The van der Waals surface area contributed by atoms with Crippen LogP contribution >= 0.6 is 0 Å². The van der Waals surface area contributed by atoms with E-state index in [2.05, 4.69) is 19.9 Å². The molecule has 0 spiro atoms. The monoisotopic (exact) mass is 472 g/mol. The third-order valence-corrected chi connectivity index (χ3v) is 6.53. The Labute approximate surface area is 192 Å². The molecule has 1 amide bonds. The van der Waals surface area contributed by atoms with Crippen LogP contribution in [0.25, 0.3) is 11.4 Å². The highest BCUT2D eigenvalue weighted by molar-refractivity contribution is 6.00. The summed E-state index contributed by atoms with van der Waals surface area (Å²) < 4.78 is 53.3. The summed E-state index contributed by atoms with van der Waals surface area (Å²) in [5.41, 5.74) is -0.833. The number of anilines is 1. The Bertz CT molecular complexity index is 1200. The summed E-state index contributed by atoms with van der Waals surface area (Å²) in [6.07, 6.45) is 1.73. The number of rotatable bonds is 4. The van der Waals surface area contributed by atoms with Gasteiger partial charge >= 0.3 is 6.18 Å². The van der Waals surface area contributed by atoms with Gasteiger partial charge in [0, 0.05) is 26.0 Å². The van der Waals surface area contributed by atoms with Gasteiger partial charge in [-0.15, -0.1) is 0 Å². The Morgan fingerprint density at radius 3 is 2.47 bits per heavy atom. The Hall–Kier alpha value is -3.63. The third-order valence-electron chi connectivity index (χ3n) is 6.53. The molecule has 0 radical (unpaired) electrons. The smallest absolute Gasteiger partial charge is 0.353 e. The Balaban J connectivity index is 1.41. The number of aromatic nitrogens is 4. The van der Waals surface area contributed by atoms with Gasteiger partial charge in [-0.3, -0.25) is 4.79 Å². The molecule has 1 saturated carbocycles. The molecule has 2 aromatic heterocycles. The number of halogens is 4. The van der Waals surface area contributed by atoms with Crippen molar-refractivity contribution in [3.05, 3.63) is 66.1 Å². The molecule has 2 fully saturated rings. The zero-order valence-corrected chi connectivity index (χ0v) is 18.1. The Morgan fingerprint density at radius 1 is 1.06 bits per heavy atom. The van der Waals surface area contributed by atoms with Crippen molar-refractivity contribution in [2.45, 2.75) is 31.1 Å². The first-order valence-electron chi connectivity index (χ1n) is 10.7. The number of fused-ring (bicyclic) bond motifs is 2. The number of likely N-dealkylation sites (tertiary alicyclic amines) is 1. The number of alkyl halides is 3. The quantitative estimate of drug-likeness (QED) is 0.538. The Morgan fingerprint density at radius 2 is 1.82 bits per heavy atom. The van der Waals surface area contributed by atoms with Crippen LogP contribution in [0.3, 0.4) is 0 Å². The summed E-state index contributed by atoms with van der Waals surface area (Å²) >= 11 is 0. The number of benzene rings is 1. The number of hydrogen-bond donors (Lipinski definition) is 0. The molecule has 11 heteroatoms. The average molecular weight is 472 g/mol. The lowest BCUT2D eigenvalue weighted by Gasteiger charge is -2.38. The van der Waals surface area contributed by atoms with Gasteiger partial charge in [-0.25, -0.2) is 24.3 Å². The lowest BCUT2D eigenvalue weighted by molar-refractivity contribution is -0.141. The van der Waals surface area contributed by atoms with E-state index in [-0.39, 0.29) is 40.9 Å². The maximum absolute atomic E-state index is 14.8. The average Bonchev–Trinajstić information content (AvgIpc) is 3.44. The molecule has 5 rings (SSSR count). The third kappa shape index (κ3) is 3.84. The summed E-state index contributed by atoms with van der Waals surface area (Å²) in [6, 6.07) is 5.56. The van der Waals surface area contributed by atoms with Gasteiger partial charge in [0.05, 0.1) is 35.6 Å². The van der Waals surface area contributed by atoms with Gasteiger partial charge in [0.15, 0.2) is 11.5 Å². The SMILES string of the molecule is CN(c1cnc(C(F)(F)F)cn1)[C@@H]1C[C@H]2C[C@@H]1N(C(=O)c1cccc(F)c1-c1ncccn1)C2. The molecular weight excluding hydrogens is 452 g/mol. The first-order valence-corrected chi connectivity index (χ1v) is 10.7. The summed E-state index contributed by atoms with van der Waals surface area (Å²) in [6.45, 7) is 0.526. The van der Waals surface area contributed by atoms with Crippen molar-refractivity contribution in [1.29, 1.82) is 0 Å². The summed E-state index contributed by atoms with van der Waals surface area (Å²) in [4.78, 5) is 32.7. The minimum Gasteiger partial charge on any atom is -0.353 e. The van der Waals surface area contributed by atoms with Gasteiger partial charge in [-0.2, -0.15) is 13.2 Å². The highest BCUT2D eigenvalue weighted by Crippen LogP contribution is 2.42. The predicted octanol–water partition coefficient (Wildman–Crippen LogP) is 3.83. The first kappa shape index (κ1) is 22.2. The molecule has 3 heterocycles. The molecule has 2 bridgehead atoms. The van der Waals surface area contributed by atoms with E-state index in [4.69, 9.17) is 0 Å². The first-order chi connectivity index (χ1) is 16.2. The van der Waals surface area contributed by atoms with E-state index in [1.54, 1.807) is 29.0 Å². The molecule has 1 aliphatic carbocycles. The predicted molar refractivity (Wildman–Crippen MR) is 114 cm³/mol. The summed E-state index contributed by atoms with van der Waals surface area (Å²) in [5, 5.41) is 0. The zero-order chi connectivity index (χ0) is 24.0. The lowest BCUT2D eigenvalue weighted by atomic mass is 10.0.